The fourth-order valence-electron chi connectivity index (χ4n) is 3.63. The Bertz CT molecular complexity index is 620. The van der Waals surface area contributed by atoms with Gasteiger partial charge in [-0.2, -0.15) is 26.3 Å². The first-order valence-corrected chi connectivity index (χ1v) is 10.5. The van der Waals surface area contributed by atoms with Gasteiger partial charge in [-0.25, -0.2) is 0 Å². The molecular weight excluding hydrogens is 414 g/mol. The highest BCUT2D eigenvalue weighted by molar-refractivity contribution is 5.39. The molecule has 2 aromatic carbocycles. The van der Waals surface area contributed by atoms with E-state index in [-0.39, 0.29) is 19.3 Å². The van der Waals surface area contributed by atoms with Crippen LogP contribution in [0.15, 0.2) is 60.7 Å². The summed E-state index contributed by atoms with van der Waals surface area (Å²) in [5.41, 5.74) is 3.00. The van der Waals surface area contributed by atoms with Crippen molar-refractivity contribution in [2.45, 2.75) is 78.1 Å². The molecule has 0 fully saturated rings. The second-order valence-electron chi connectivity index (χ2n) is 7.77. The molecule has 0 aliphatic carbocycles. The van der Waals surface area contributed by atoms with E-state index in [1.165, 1.54) is 36.8 Å². The highest BCUT2D eigenvalue weighted by Gasteiger charge is 2.36. The summed E-state index contributed by atoms with van der Waals surface area (Å²) in [6, 6.07) is 22.1. The third kappa shape index (κ3) is 13.1. The Labute approximate surface area is 182 Å². The Kier molecular flexibility index (Phi) is 12.6. The average molecular weight is 449 g/mol. The molecule has 0 nitrogen and oxygen atoms in total. The molecule has 0 heterocycles. The normalized spacial score (nSPS) is 11.9. The molecule has 0 aliphatic heterocycles. The standard InChI is InChI=1S/C21H28.2C2H3F3/c1-4-12-18(13-5-2)21(3,19-14-8-6-9-15-19)20-16-10-7-11-17-20;2*1-2(3,4)5/h6-11,14-18H,4-5,12-13H2,1-3H3;2*1H3. The quantitative estimate of drug-likeness (QED) is 0.370. The number of halogens is 6. The first-order valence-electron chi connectivity index (χ1n) is 10.5. The Morgan fingerprint density at radius 3 is 1.06 bits per heavy atom. The van der Waals surface area contributed by atoms with Gasteiger partial charge in [-0.05, 0) is 29.9 Å². The van der Waals surface area contributed by atoms with E-state index in [1.807, 2.05) is 0 Å². The molecule has 0 N–H and O–H groups in total. The summed E-state index contributed by atoms with van der Waals surface area (Å²) in [5, 5.41) is 0. The lowest BCUT2D eigenvalue weighted by molar-refractivity contribution is -0.111. The van der Waals surface area contributed by atoms with Crippen LogP contribution in [0.4, 0.5) is 26.3 Å². The van der Waals surface area contributed by atoms with Crippen LogP contribution < -0.4 is 0 Å². The first-order chi connectivity index (χ1) is 14.2. The van der Waals surface area contributed by atoms with Crippen LogP contribution in [0.25, 0.3) is 0 Å². The number of alkyl halides is 6. The minimum absolute atomic E-state index is 0.106. The fourth-order valence-corrected chi connectivity index (χ4v) is 3.63. The third-order valence-electron chi connectivity index (χ3n) is 4.84. The summed E-state index contributed by atoms with van der Waals surface area (Å²) in [7, 11) is 0. The summed E-state index contributed by atoms with van der Waals surface area (Å²) >= 11 is 0. The molecule has 0 radical (unpaired) electrons. The first kappa shape index (κ1) is 29.0. The summed E-state index contributed by atoms with van der Waals surface area (Å²) < 4.78 is 62.1. The lowest BCUT2D eigenvalue weighted by atomic mass is 9.64. The van der Waals surface area contributed by atoms with E-state index in [0.29, 0.717) is 5.92 Å². The minimum atomic E-state index is -4.00. The molecule has 0 spiro atoms. The molecule has 0 atom stereocenters. The Morgan fingerprint density at radius 2 is 0.839 bits per heavy atom. The van der Waals surface area contributed by atoms with Gasteiger partial charge in [-0.1, -0.05) is 94.3 Å². The van der Waals surface area contributed by atoms with Crippen molar-refractivity contribution in [3.05, 3.63) is 71.8 Å². The van der Waals surface area contributed by atoms with Gasteiger partial charge in [-0.3, -0.25) is 0 Å². The Morgan fingerprint density at radius 1 is 0.581 bits per heavy atom. The van der Waals surface area contributed by atoms with E-state index in [9.17, 15) is 26.3 Å². The van der Waals surface area contributed by atoms with Crippen LogP contribution in [-0.2, 0) is 5.41 Å². The van der Waals surface area contributed by atoms with Crippen molar-refractivity contribution >= 4 is 0 Å². The van der Waals surface area contributed by atoms with E-state index in [4.69, 9.17) is 0 Å². The van der Waals surface area contributed by atoms with Crippen LogP contribution in [0.3, 0.4) is 0 Å². The third-order valence-corrected chi connectivity index (χ3v) is 4.84. The maximum atomic E-state index is 10.4. The van der Waals surface area contributed by atoms with Crippen LogP contribution in [0.5, 0.6) is 0 Å². The van der Waals surface area contributed by atoms with E-state index in [0.717, 1.165) is 0 Å². The zero-order valence-corrected chi connectivity index (χ0v) is 18.9. The van der Waals surface area contributed by atoms with Crippen LogP contribution in [0.2, 0.25) is 0 Å². The molecule has 0 saturated heterocycles. The molecule has 0 bridgehead atoms. The van der Waals surface area contributed by atoms with Gasteiger partial charge in [0.1, 0.15) is 0 Å². The largest absolute Gasteiger partial charge is 0.386 e. The topological polar surface area (TPSA) is 0 Å². The Hall–Kier alpha value is -1.98. The predicted octanol–water partition coefficient (Wildman–Crippen LogP) is 9.35. The van der Waals surface area contributed by atoms with Gasteiger partial charge < -0.3 is 0 Å². The second-order valence-corrected chi connectivity index (χ2v) is 7.77. The smallest absolute Gasteiger partial charge is 0.172 e. The lowest BCUT2D eigenvalue weighted by Gasteiger charge is -2.39. The highest BCUT2D eigenvalue weighted by Crippen LogP contribution is 2.43. The summed E-state index contributed by atoms with van der Waals surface area (Å²) in [5.74, 6) is 0.692. The second kappa shape index (κ2) is 13.4. The average Bonchev–Trinajstić information content (AvgIpc) is 2.66. The fraction of sp³-hybridized carbons (Fsp3) is 0.520. The van der Waals surface area contributed by atoms with Gasteiger partial charge >= 0.3 is 12.4 Å². The molecule has 0 saturated carbocycles. The molecule has 0 aliphatic rings. The number of benzene rings is 2. The zero-order chi connectivity index (χ0) is 24.1. The summed E-state index contributed by atoms with van der Waals surface area (Å²) in [6.07, 6.45) is -2.93. The van der Waals surface area contributed by atoms with Gasteiger partial charge in [-0.15, -0.1) is 0 Å². The van der Waals surface area contributed by atoms with Crippen molar-refractivity contribution in [2.75, 3.05) is 0 Å². The van der Waals surface area contributed by atoms with Crippen LogP contribution in [0.1, 0.15) is 71.4 Å². The molecule has 176 valence electrons. The van der Waals surface area contributed by atoms with Gasteiger partial charge in [0.2, 0.25) is 0 Å². The molecule has 31 heavy (non-hydrogen) atoms. The predicted molar refractivity (Wildman–Crippen MR) is 116 cm³/mol. The van der Waals surface area contributed by atoms with Crippen molar-refractivity contribution < 1.29 is 26.3 Å². The van der Waals surface area contributed by atoms with Gasteiger partial charge in [0.05, 0.1) is 0 Å². The maximum Gasteiger partial charge on any atom is 0.386 e. The summed E-state index contributed by atoms with van der Waals surface area (Å²) in [4.78, 5) is 0. The monoisotopic (exact) mass is 448 g/mol. The van der Waals surface area contributed by atoms with Crippen LogP contribution in [0, 0.1) is 5.92 Å². The maximum absolute atomic E-state index is 10.4. The van der Waals surface area contributed by atoms with Gasteiger partial charge in [0.25, 0.3) is 0 Å². The molecule has 0 aromatic heterocycles. The van der Waals surface area contributed by atoms with Crippen molar-refractivity contribution in [2.24, 2.45) is 5.92 Å². The van der Waals surface area contributed by atoms with E-state index in [1.54, 1.807) is 0 Å². The molecule has 0 unspecified atom stereocenters. The van der Waals surface area contributed by atoms with Crippen molar-refractivity contribution in [1.29, 1.82) is 0 Å². The zero-order valence-electron chi connectivity index (χ0n) is 18.9. The molecule has 2 rings (SSSR count). The van der Waals surface area contributed by atoms with Crippen molar-refractivity contribution in [3.8, 4) is 0 Å². The molecular formula is C25H34F6. The van der Waals surface area contributed by atoms with E-state index < -0.39 is 12.4 Å². The minimum Gasteiger partial charge on any atom is -0.172 e. The SMILES string of the molecule is CC(F)(F)F.CC(F)(F)F.CCCC(CCC)C(C)(c1ccccc1)c1ccccc1. The van der Waals surface area contributed by atoms with E-state index >= 15 is 0 Å². The highest BCUT2D eigenvalue weighted by atomic mass is 19.4. The van der Waals surface area contributed by atoms with Crippen LogP contribution in [-0.4, -0.2) is 12.4 Å². The van der Waals surface area contributed by atoms with Crippen molar-refractivity contribution in [1.82, 2.24) is 0 Å². The lowest BCUT2D eigenvalue weighted by Crippen LogP contribution is -2.33. The van der Waals surface area contributed by atoms with Gasteiger partial charge in [0, 0.05) is 19.3 Å². The van der Waals surface area contributed by atoms with Gasteiger partial charge in [0.15, 0.2) is 0 Å². The number of hydrogen-bond donors (Lipinski definition) is 0. The van der Waals surface area contributed by atoms with Crippen LogP contribution >= 0.6 is 0 Å². The molecule has 0 amide bonds. The van der Waals surface area contributed by atoms with E-state index in [2.05, 4.69) is 81.4 Å². The number of rotatable bonds is 7. The summed E-state index contributed by atoms with van der Waals surface area (Å²) in [6.45, 7) is 7.42. The Balaban J connectivity index is 0.000000752. The van der Waals surface area contributed by atoms with Crippen molar-refractivity contribution in [3.63, 3.8) is 0 Å². The number of hydrogen-bond acceptors (Lipinski definition) is 0. The molecule has 6 heteroatoms. The molecule has 2 aromatic rings.